The van der Waals surface area contributed by atoms with Crippen LogP contribution >= 0.6 is 11.6 Å². The fourth-order valence-corrected chi connectivity index (χ4v) is 3.67. The van der Waals surface area contributed by atoms with E-state index in [-0.39, 0.29) is 5.75 Å². The maximum atomic E-state index is 12.1. The minimum absolute atomic E-state index is 0.0212. The van der Waals surface area contributed by atoms with Crippen LogP contribution < -0.4 is 5.32 Å². The first-order valence-electron chi connectivity index (χ1n) is 5.51. The average Bonchev–Trinajstić information content (AvgIpc) is 2.33. The highest BCUT2D eigenvalue weighted by atomic mass is 35.5. The molecule has 4 nitrogen and oxygen atoms in total. The molecule has 1 heterocycles. The molecule has 0 aliphatic carbocycles. The predicted octanol–water partition coefficient (Wildman–Crippen LogP) is 1.07. The van der Waals surface area contributed by atoms with Crippen molar-refractivity contribution in [1.82, 2.24) is 9.62 Å². The van der Waals surface area contributed by atoms with Crippen LogP contribution in [0.2, 0.25) is 5.02 Å². The van der Waals surface area contributed by atoms with E-state index in [9.17, 15) is 8.42 Å². The van der Waals surface area contributed by atoms with Gasteiger partial charge in [0.2, 0.25) is 10.0 Å². The molecule has 1 saturated heterocycles. The lowest BCUT2D eigenvalue weighted by Gasteiger charge is -2.26. The van der Waals surface area contributed by atoms with Crippen molar-refractivity contribution in [3.05, 3.63) is 34.9 Å². The van der Waals surface area contributed by atoms with Crippen molar-refractivity contribution < 1.29 is 8.42 Å². The smallest absolute Gasteiger partial charge is 0.218 e. The molecule has 94 valence electrons. The van der Waals surface area contributed by atoms with Crippen molar-refractivity contribution in [3.8, 4) is 0 Å². The molecule has 1 fully saturated rings. The molecule has 0 bridgehead atoms. The summed E-state index contributed by atoms with van der Waals surface area (Å²) in [4.78, 5) is 0. The minimum atomic E-state index is -3.25. The van der Waals surface area contributed by atoms with Crippen LogP contribution in [0.3, 0.4) is 0 Å². The largest absolute Gasteiger partial charge is 0.314 e. The van der Waals surface area contributed by atoms with Gasteiger partial charge < -0.3 is 5.32 Å². The van der Waals surface area contributed by atoms with E-state index in [4.69, 9.17) is 11.6 Å². The van der Waals surface area contributed by atoms with E-state index in [0.717, 1.165) is 0 Å². The van der Waals surface area contributed by atoms with E-state index in [1.165, 1.54) is 4.31 Å². The molecule has 1 N–H and O–H groups in total. The SMILES string of the molecule is O=S(=O)(Cc1ccccc1Cl)N1CCNCC1. The van der Waals surface area contributed by atoms with Crippen LogP contribution in [0.5, 0.6) is 0 Å². The number of nitrogens with one attached hydrogen (secondary N) is 1. The van der Waals surface area contributed by atoms with Gasteiger partial charge in [0.25, 0.3) is 0 Å². The molecule has 1 aliphatic heterocycles. The van der Waals surface area contributed by atoms with Crippen LogP contribution in [-0.2, 0) is 15.8 Å². The van der Waals surface area contributed by atoms with Crippen molar-refractivity contribution in [2.24, 2.45) is 0 Å². The van der Waals surface area contributed by atoms with Gasteiger partial charge in [0.1, 0.15) is 0 Å². The Morgan fingerprint density at radius 3 is 2.53 bits per heavy atom. The number of benzene rings is 1. The Labute approximate surface area is 107 Å². The lowest BCUT2D eigenvalue weighted by atomic mass is 10.2. The summed E-state index contributed by atoms with van der Waals surface area (Å²) in [5, 5.41) is 3.64. The van der Waals surface area contributed by atoms with E-state index >= 15 is 0 Å². The van der Waals surface area contributed by atoms with E-state index in [1.54, 1.807) is 24.3 Å². The Bertz CT molecular complexity index is 484. The number of rotatable bonds is 3. The zero-order valence-corrected chi connectivity index (χ0v) is 11.0. The van der Waals surface area contributed by atoms with E-state index < -0.39 is 10.0 Å². The third kappa shape index (κ3) is 3.19. The third-order valence-corrected chi connectivity index (χ3v) is 4.96. The third-order valence-electron chi connectivity index (χ3n) is 2.77. The molecule has 0 atom stereocenters. The molecule has 0 saturated carbocycles. The summed E-state index contributed by atoms with van der Waals surface area (Å²) in [5.41, 5.74) is 0.660. The normalized spacial score (nSPS) is 18.2. The number of nitrogens with zero attached hydrogens (tertiary/aromatic N) is 1. The standard InChI is InChI=1S/C11H15ClN2O2S/c12-11-4-2-1-3-10(11)9-17(15,16)14-7-5-13-6-8-14/h1-4,13H,5-9H2. The number of hydrogen-bond donors (Lipinski definition) is 1. The summed E-state index contributed by atoms with van der Waals surface area (Å²) < 4.78 is 25.8. The van der Waals surface area contributed by atoms with Crippen molar-refractivity contribution in [1.29, 1.82) is 0 Å². The van der Waals surface area contributed by atoms with E-state index in [2.05, 4.69) is 5.32 Å². The maximum Gasteiger partial charge on any atom is 0.218 e. The number of hydrogen-bond acceptors (Lipinski definition) is 3. The molecule has 1 aliphatic rings. The molecule has 17 heavy (non-hydrogen) atoms. The second-order valence-electron chi connectivity index (χ2n) is 4.00. The minimum Gasteiger partial charge on any atom is -0.314 e. The molecule has 2 rings (SSSR count). The van der Waals surface area contributed by atoms with Crippen LogP contribution in [0.15, 0.2) is 24.3 Å². The van der Waals surface area contributed by atoms with Crippen LogP contribution in [0.4, 0.5) is 0 Å². The van der Waals surface area contributed by atoms with E-state index in [1.807, 2.05) is 0 Å². The molecule has 0 spiro atoms. The monoisotopic (exact) mass is 274 g/mol. The summed E-state index contributed by atoms with van der Waals surface area (Å²) in [5.74, 6) is -0.0212. The molecule has 0 aromatic heterocycles. The molecule has 1 aromatic carbocycles. The molecule has 6 heteroatoms. The average molecular weight is 275 g/mol. The first-order valence-corrected chi connectivity index (χ1v) is 7.50. The van der Waals surface area contributed by atoms with Gasteiger partial charge in [-0.1, -0.05) is 29.8 Å². The van der Waals surface area contributed by atoms with Crippen LogP contribution in [0.25, 0.3) is 0 Å². The van der Waals surface area contributed by atoms with Crippen molar-refractivity contribution in [2.75, 3.05) is 26.2 Å². The highest BCUT2D eigenvalue weighted by molar-refractivity contribution is 7.88. The molecule has 0 radical (unpaired) electrons. The zero-order valence-electron chi connectivity index (χ0n) is 9.39. The van der Waals surface area contributed by atoms with Gasteiger partial charge in [-0.15, -0.1) is 0 Å². The zero-order chi connectivity index (χ0) is 12.3. The summed E-state index contributed by atoms with van der Waals surface area (Å²) in [6.07, 6.45) is 0. The Morgan fingerprint density at radius 1 is 1.24 bits per heavy atom. The van der Waals surface area contributed by atoms with Crippen LogP contribution in [-0.4, -0.2) is 38.9 Å². The van der Waals surface area contributed by atoms with Gasteiger partial charge in [0.15, 0.2) is 0 Å². The van der Waals surface area contributed by atoms with Gasteiger partial charge in [-0.05, 0) is 11.6 Å². The van der Waals surface area contributed by atoms with E-state index in [0.29, 0.717) is 36.8 Å². The Morgan fingerprint density at radius 2 is 1.88 bits per heavy atom. The molecular formula is C11H15ClN2O2S. The van der Waals surface area contributed by atoms with Gasteiger partial charge >= 0.3 is 0 Å². The maximum absolute atomic E-state index is 12.1. The van der Waals surface area contributed by atoms with Crippen LogP contribution in [0, 0.1) is 0 Å². The fourth-order valence-electron chi connectivity index (χ4n) is 1.83. The summed E-state index contributed by atoms with van der Waals surface area (Å²) in [6, 6.07) is 7.06. The topological polar surface area (TPSA) is 49.4 Å². The second-order valence-corrected chi connectivity index (χ2v) is 6.37. The highest BCUT2D eigenvalue weighted by Crippen LogP contribution is 2.19. The summed E-state index contributed by atoms with van der Waals surface area (Å²) in [6.45, 7) is 2.49. The Kier molecular flexibility index (Phi) is 4.04. The molecular weight excluding hydrogens is 260 g/mol. The van der Waals surface area contributed by atoms with Crippen LogP contribution in [0.1, 0.15) is 5.56 Å². The Hall–Kier alpha value is -0.620. The predicted molar refractivity (Wildman–Crippen MR) is 68.5 cm³/mol. The lowest BCUT2D eigenvalue weighted by molar-refractivity contribution is 0.360. The molecule has 1 aromatic rings. The van der Waals surface area contributed by atoms with Gasteiger partial charge in [-0.3, -0.25) is 0 Å². The number of sulfonamides is 1. The van der Waals surface area contributed by atoms with Gasteiger partial charge in [0, 0.05) is 31.2 Å². The van der Waals surface area contributed by atoms with Gasteiger partial charge in [0.05, 0.1) is 5.75 Å². The summed E-state index contributed by atoms with van der Waals surface area (Å²) in [7, 11) is -3.25. The first-order chi connectivity index (χ1) is 8.09. The summed E-state index contributed by atoms with van der Waals surface area (Å²) >= 11 is 5.97. The fraction of sp³-hybridized carbons (Fsp3) is 0.455. The first kappa shape index (κ1) is 12.8. The number of piperazine rings is 1. The van der Waals surface area contributed by atoms with Crippen molar-refractivity contribution in [3.63, 3.8) is 0 Å². The lowest BCUT2D eigenvalue weighted by Crippen LogP contribution is -2.46. The molecule has 0 amide bonds. The van der Waals surface area contributed by atoms with Gasteiger partial charge in [-0.25, -0.2) is 8.42 Å². The highest BCUT2D eigenvalue weighted by Gasteiger charge is 2.24. The molecule has 0 unspecified atom stereocenters. The Balaban J connectivity index is 2.14. The quantitative estimate of drug-likeness (QED) is 0.897. The second kappa shape index (κ2) is 5.35. The van der Waals surface area contributed by atoms with Gasteiger partial charge in [-0.2, -0.15) is 4.31 Å². The number of halogens is 1. The van der Waals surface area contributed by atoms with Crippen molar-refractivity contribution >= 4 is 21.6 Å². The van der Waals surface area contributed by atoms with Crippen molar-refractivity contribution in [2.45, 2.75) is 5.75 Å².